The van der Waals surface area contributed by atoms with Gasteiger partial charge in [-0.3, -0.25) is 4.79 Å². The summed E-state index contributed by atoms with van der Waals surface area (Å²) in [5.41, 5.74) is -0.707. The van der Waals surface area contributed by atoms with Gasteiger partial charge in [0.15, 0.2) is 17.5 Å². The zero-order valence-electron chi connectivity index (χ0n) is 14.2. The second kappa shape index (κ2) is 8.62. The molecule has 2 rings (SSSR count). The van der Waals surface area contributed by atoms with Gasteiger partial charge in [0.2, 0.25) is 0 Å². The van der Waals surface area contributed by atoms with Crippen LogP contribution in [-0.2, 0) is 6.54 Å². The number of anilines is 1. The fourth-order valence-electron chi connectivity index (χ4n) is 2.01. The van der Waals surface area contributed by atoms with Crippen LogP contribution in [0.15, 0.2) is 29.3 Å². The summed E-state index contributed by atoms with van der Waals surface area (Å²) in [6, 6.07) is 0.588. The average Bonchev–Trinajstić information content (AvgIpc) is 2.91. The van der Waals surface area contributed by atoms with Gasteiger partial charge in [0.05, 0.1) is 11.4 Å². The lowest BCUT2D eigenvalue weighted by molar-refractivity contribution is -0.146. The molecule has 11 heteroatoms. The monoisotopic (exact) mass is 421 g/mol. The Morgan fingerprint density at radius 2 is 1.96 bits per heavy atom. The van der Waals surface area contributed by atoms with E-state index in [1.165, 1.54) is 0 Å². The standard InChI is InChI=1S/C17H13F6N3OS/c1-3-6-26-8-13(28-25-9(2)17(21,22)23)14(20)15(26)16(27)24-10-4-5-11(18)12(19)7-10/h1,4-5,7-9,25H,6H2,2H3,(H,24,27). The summed E-state index contributed by atoms with van der Waals surface area (Å²) in [5, 5.41) is 2.18. The van der Waals surface area contributed by atoms with Crippen molar-refractivity contribution < 1.29 is 31.1 Å². The fourth-order valence-corrected chi connectivity index (χ4v) is 2.82. The van der Waals surface area contributed by atoms with Crippen LogP contribution in [0.5, 0.6) is 0 Å². The molecule has 1 unspecified atom stereocenters. The first-order chi connectivity index (χ1) is 13.0. The van der Waals surface area contributed by atoms with E-state index in [1.807, 2.05) is 4.72 Å². The number of hydrogen-bond donors (Lipinski definition) is 2. The van der Waals surface area contributed by atoms with Gasteiger partial charge in [-0.2, -0.15) is 13.2 Å². The molecular formula is C17H13F6N3OS. The van der Waals surface area contributed by atoms with Crippen LogP contribution in [0.1, 0.15) is 17.4 Å². The van der Waals surface area contributed by atoms with Crippen molar-refractivity contribution in [2.45, 2.75) is 30.6 Å². The summed E-state index contributed by atoms with van der Waals surface area (Å²) in [5.74, 6) is -2.31. The highest BCUT2D eigenvalue weighted by molar-refractivity contribution is 7.97. The highest BCUT2D eigenvalue weighted by Crippen LogP contribution is 2.28. The third-order valence-electron chi connectivity index (χ3n) is 3.48. The Hall–Kier alpha value is -2.58. The maximum atomic E-state index is 14.6. The van der Waals surface area contributed by atoms with Crippen LogP contribution in [-0.4, -0.2) is 22.7 Å². The summed E-state index contributed by atoms with van der Waals surface area (Å²) in [6.07, 6.45) is 1.71. The second-order valence-corrected chi connectivity index (χ2v) is 6.43. The quantitative estimate of drug-likeness (QED) is 0.415. The number of terminal acetylenes is 1. The maximum absolute atomic E-state index is 14.6. The van der Waals surface area contributed by atoms with Crippen LogP contribution in [0, 0.1) is 29.8 Å². The molecule has 150 valence electrons. The van der Waals surface area contributed by atoms with Crippen molar-refractivity contribution in [1.29, 1.82) is 0 Å². The minimum Gasteiger partial charge on any atom is -0.328 e. The van der Waals surface area contributed by atoms with E-state index in [-0.39, 0.29) is 17.1 Å². The normalized spacial score (nSPS) is 12.5. The molecule has 1 amide bonds. The number of amides is 1. The summed E-state index contributed by atoms with van der Waals surface area (Å²) in [7, 11) is 0. The lowest BCUT2D eigenvalue weighted by atomic mass is 10.3. The summed E-state index contributed by atoms with van der Waals surface area (Å²) in [6.45, 7) is 0.604. The molecule has 1 aromatic carbocycles. The smallest absolute Gasteiger partial charge is 0.328 e. The molecule has 0 saturated heterocycles. The van der Waals surface area contributed by atoms with Crippen molar-refractivity contribution >= 4 is 23.5 Å². The van der Waals surface area contributed by atoms with Crippen LogP contribution >= 0.6 is 11.9 Å². The van der Waals surface area contributed by atoms with Crippen LogP contribution in [0.4, 0.5) is 32.0 Å². The highest BCUT2D eigenvalue weighted by Gasteiger charge is 2.36. The molecule has 0 saturated carbocycles. The minimum atomic E-state index is -4.54. The number of benzene rings is 1. The van der Waals surface area contributed by atoms with E-state index >= 15 is 0 Å². The Kier molecular flexibility index (Phi) is 6.69. The predicted molar refractivity (Wildman–Crippen MR) is 92.0 cm³/mol. The molecule has 0 aliphatic carbocycles. The fraction of sp³-hybridized carbons (Fsp3) is 0.235. The average molecular weight is 421 g/mol. The maximum Gasteiger partial charge on any atom is 0.404 e. The van der Waals surface area contributed by atoms with Gasteiger partial charge in [-0.15, -0.1) is 6.42 Å². The first-order valence-corrected chi connectivity index (χ1v) is 8.43. The van der Waals surface area contributed by atoms with Crippen molar-refractivity contribution in [1.82, 2.24) is 9.29 Å². The van der Waals surface area contributed by atoms with Crippen LogP contribution < -0.4 is 10.0 Å². The zero-order chi connectivity index (χ0) is 21.1. The number of hydrogen-bond acceptors (Lipinski definition) is 3. The second-order valence-electron chi connectivity index (χ2n) is 5.55. The lowest BCUT2D eigenvalue weighted by Gasteiger charge is -2.15. The number of carbonyl (C=O) groups excluding carboxylic acids is 1. The Labute approximate surface area is 160 Å². The van der Waals surface area contributed by atoms with Gasteiger partial charge >= 0.3 is 6.18 Å². The van der Waals surface area contributed by atoms with Crippen molar-refractivity contribution in [2.75, 3.05) is 5.32 Å². The molecule has 0 bridgehead atoms. The molecule has 2 aromatic rings. The molecule has 1 heterocycles. The largest absolute Gasteiger partial charge is 0.404 e. The van der Waals surface area contributed by atoms with Crippen molar-refractivity contribution in [3.05, 3.63) is 47.5 Å². The topological polar surface area (TPSA) is 46.1 Å². The van der Waals surface area contributed by atoms with Gasteiger partial charge in [-0.05, 0) is 31.0 Å². The number of carbonyl (C=O) groups is 1. The number of rotatable bonds is 6. The number of aromatic nitrogens is 1. The number of halogens is 6. The van der Waals surface area contributed by atoms with Crippen LogP contribution in [0.25, 0.3) is 0 Å². The number of alkyl halides is 3. The van der Waals surface area contributed by atoms with E-state index in [9.17, 15) is 31.1 Å². The Balaban J connectivity index is 2.26. The third kappa shape index (κ3) is 5.02. The van der Waals surface area contributed by atoms with E-state index < -0.39 is 41.3 Å². The van der Waals surface area contributed by atoms with Crippen molar-refractivity contribution in [3.8, 4) is 12.3 Å². The van der Waals surface area contributed by atoms with Gasteiger partial charge in [0.1, 0.15) is 11.7 Å². The van der Waals surface area contributed by atoms with Crippen LogP contribution in [0.3, 0.4) is 0 Å². The molecular weight excluding hydrogens is 408 g/mol. The molecule has 2 N–H and O–H groups in total. The first-order valence-electron chi connectivity index (χ1n) is 7.62. The summed E-state index contributed by atoms with van der Waals surface area (Å²) in [4.78, 5) is 12.1. The molecule has 4 nitrogen and oxygen atoms in total. The Morgan fingerprint density at radius 3 is 2.54 bits per heavy atom. The van der Waals surface area contributed by atoms with Crippen molar-refractivity contribution in [2.24, 2.45) is 0 Å². The van der Waals surface area contributed by atoms with Gasteiger partial charge < -0.3 is 9.88 Å². The highest BCUT2D eigenvalue weighted by atomic mass is 32.2. The van der Waals surface area contributed by atoms with Gasteiger partial charge in [-0.1, -0.05) is 5.92 Å². The lowest BCUT2D eigenvalue weighted by Crippen LogP contribution is -2.35. The molecule has 0 aliphatic heterocycles. The van der Waals surface area contributed by atoms with Crippen LogP contribution in [0.2, 0.25) is 0 Å². The molecule has 0 spiro atoms. The minimum absolute atomic E-state index is 0.144. The van der Waals surface area contributed by atoms with Crippen molar-refractivity contribution in [3.63, 3.8) is 0 Å². The molecule has 28 heavy (non-hydrogen) atoms. The molecule has 0 aliphatic rings. The van der Waals surface area contributed by atoms with E-state index in [4.69, 9.17) is 6.42 Å². The zero-order valence-corrected chi connectivity index (χ0v) is 15.0. The summed E-state index contributed by atoms with van der Waals surface area (Å²) >= 11 is 0.347. The molecule has 0 radical (unpaired) electrons. The summed E-state index contributed by atoms with van der Waals surface area (Å²) < 4.78 is 81.6. The van der Waals surface area contributed by atoms with Gasteiger partial charge in [0, 0.05) is 18.0 Å². The Morgan fingerprint density at radius 1 is 1.29 bits per heavy atom. The van der Waals surface area contributed by atoms with E-state index in [0.717, 1.165) is 29.8 Å². The molecule has 1 atom stereocenters. The number of nitrogens with one attached hydrogen (secondary N) is 2. The Bertz CT molecular complexity index is 919. The van der Waals surface area contributed by atoms with E-state index in [2.05, 4.69) is 11.2 Å². The van der Waals surface area contributed by atoms with Gasteiger partial charge in [0.25, 0.3) is 5.91 Å². The van der Waals surface area contributed by atoms with Gasteiger partial charge in [-0.25, -0.2) is 17.9 Å². The third-order valence-corrected chi connectivity index (χ3v) is 4.45. The molecule has 1 aromatic heterocycles. The van der Waals surface area contributed by atoms with E-state index in [1.54, 1.807) is 0 Å². The SMILES string of the molecule is C#CCn1cc(SNC(C)C(F)(F)F)c(F)c1C(=O)Nc1ccc(F)c(F)c1. The number of nitrogens with zero attached hydrogens (tertiary/aromatic N) is 1. The first kappa shape index (κ1) is 21.7. The molecule has 0 fully saturated rings. The predicted octanol–water partition coefficient (Wildman–Crippen LogP) is 4.34. The van der Waals surface area contributed by atoms with E-state index in [0.29, 0.717) is 18.0 Å².